The van der Waals surface area contributed by atoms with Crippen molar-refractivity contribution in [2.45, 2.75) is 19.9 Å². The van der Waals surface area contributed by atoms with Crippen molar-refractivity contribution in [1.82, 2.24) is 5.32 Å². The van der Waals surface area contributed by atoms with Crippen molar-refractivity contribution in [2.75, 3.05) is 5.32 Å². The average Bonchev–Trinajstić information content (AvgIpc) is 2.36. The number of rotatable bonds is 4. The molecule has 0 fully saturated rings. The number of nitrogens with zero attached hydrogens (tertiary/aromatic N) is 1. The van der Waals surface area contributed by atoms with Gasteiger partial charge in [0, 0.05) is 0 Å². The number of para-hydroxylation sites is 1. The maximum Gasteiger partial charge on any atom is 0.326 e. The van der Waals surface area contributed by atoms with E-state index < -0.39 is 18.0 Å². The summed E-state index contributed by atoms with van der Waals surface area (Å²) in [5.74, 6) is -1.34. The van der Waals surface area contributed by atoms with Crippen molar-refractivity contribution in [3.8, 4) is 6.07 Å². The van der Waals surface area contributed by atoms with Crippen LogP contribution < -0.4 is 10.6 Å². The van der Waals surface area contributed by atoms with Gasteiger partial charge in [-0.05, 0) is 18.1 Å². The molecule has 0 heterocycles. The number of carbonyl (C=O) groups excluding carboxylic acids is 1. The first-order valence-electron chi connectivity index (χ1n) is 5.75. The molecule has 0 saturated carbocycles. The van der Waals surface area contributed by atoms with Crippen LogP contribution in [-0.2, 0) is 4.79 Å². The van der Waals surface area contributed by atoms with Gasteiger partial charge in [-0.25, -0.2) is 9.59 Å². The molecule has 2 amide bonds. The summed E-state index contributed by atoms with van der Waals surface area (Å²) in [5.41, 5.74) is 0.657. The van der Waals surface area contributed by atoms with Gasteiger partial charge in [0.1, 0.15) is 12.1 Å². The van der Waals surface area contributed by atoms with E-state index in [9.17, 15) is 9.59 Å². The molecule has 6 heteroatoms. The number of carbonyl (C=O) groups is 2. The summed E-state index contributed by atoms with van der Waals surface area (Å²) < 4.78 is 0. The van der Waals surface area contributed by atoms with Crippen molar-refractivity contribution < 1.29 is 14.7 Å². The molecule has 0 saturated heterocycles. The predicted octanol–water partition coefficient (Wildman–Crippen LogP) is 1.79. The minimum Gasteiger partial charge on any atom is -0.480 e. The summed E-state index contributed by atoms with van der Waals surface area (Å²) in [6.45, 7) is 3.39. The van der Waals surface area contributed by atoms with Crippen LogP contribution in [0.3, 0.4) is 0 Å². The van der Waals surface area contributed by atoms with E-state index in [1.807, 2.05) is 6.07 Å². The molecule has 1 aromatic rings. The number of hydrogen-bond donors (Lipinski definition) is 3. The summed E-state index contributed by atoms with van der Waals surface area (Å²) in [5, 5.41) is 22.7. The molecule has 0 spiro atoms. The third-order valence-corrected chi connectivity index (χ3v) is 2.52. The van der Waals surface area contributed by atoms with Crippen molar-refractivity contribution >= 4 is 17.7 Å². The van der Waals surface area contributed by atoms with Crippen LogP contribution in [0.5, 0.6) is 0 Å². The topological polar surface area (TPSA) is 102 Å². The largest absolute Gasteiger partial charge is 0.480 e. The zero-order valence-electron chi connectivity index (χ0n) is 10.7. The molecule has 0 aliphatic rings. The second kappa shape index (κ2) is 6.40. The Labute approximate surface area is 111 Å². The molecule has 3 N–H and O–H groups in total. The Bertz CT molecular complexity index is 520. The van der Waals surface area contributed by atoms with Gasteiger partial charge in [0.2, 0.25) is 0 Å². The number of urea groups is 1. The molecule has 0 radical (unpaired) electrons. The van der Waals surface area contributed by atoms with Gasteiger partial charge in [-0.3, -0.25) is 0 Å². The van der Waals surface area contributed by atoms with Crippen molar-refractivity contribution in [3.63, 3.8) is 0 Å². The molecule has 0 aliphatic carbocycles. The number of carboxylic acids is 1. The van der Waals surface area contributed by atoms with Gasteiger partial charge < -0.3 is 15.7 Å². The van der Waals surface area contributed by atoms with E-state index in [0.717, 1.165) is 0 Å². The van der Waals surface area contributed by atoms with Crippen LogP contribution in [0, 0.1) is 17.2 Å². The quantitative estimate of drug-likeness (QED) is 0.768. The first kappa shape index (κ1) is 14.5. The second-order valence-corrected chi connectivity index (χ2v) is 4.32. The number of aliphatic carboxylic acids is 1. The van der Waals surface area contributed by atoms with E-state index in [0.29, 0.717) is 11.3 Å². The van der Waals surface area contributed by atoms with Crippen LogP contribution in [0.4, 0.5) is 10.5 Å². The lowest BCUT2D eigenvalue weighted by molar-refractivity contribution is -0.140. The van der Waals surface area contributed by atoms with E-state index in [1.165, 1.54) is 0 Å². The molecular weight excluding hydrogens is 246 g/mol. The van der Waals surface area contributed by atoms with Gasteiger partial charge in [0.15, 0.2) is 0 Å². The monoisotopic (exact) mass is 261 g/mol. The summed E-state index contributed by atoms with van der Waals surface area (Å²) in [6, 6.07) is 6.80. The van der Waals surface area contributed by atoms with E-state index >= 15 is 0 Å². The Kier molecular flexibility index (Phi) is 4.89. The van der Waals surface area contributed by atoms with Crippen molar-refractivity contribution in [3.05, 3.63) is 29.8 Å². The zero-order chi connectivity index (χ0) is 14.4. The fourth-order valence-corrected chi connectivity index (χ4v) is 1.50. The molecule has 1 rings (SSSR count). The van der Waals surface area contributed by atoms with Crippen LogP contribution >= 0.6 is 0 Å². The highest BCUT2D eigenvalue weighted by atomic mass is 16.4. The summed E-state index contributed by atoms with van der Waals surface area (Å²) in [6.07, 6.45) is 0. The molecule has 6 nitrogen and oxygen atoms in total. The summed E-state index contributed by atoms with van der Waals surface area (Å²) in [4.78, 5) is 22.7. The minimum absolute atomic E-state index is 0.241. The number of benzene rings is 1. The number of amides is 2. The molecular formula is C13H15N3O3. The summed E-state index contributed by atoms with van der Waals surface area (Å²) in [7, 11) is 0. The fraction of sp³-hybridized carbons (Fsp3) is 0.308. The Morgan fingerprint density at radius 2 is 1.95 bits per heavy atom. The van der Waals surface area contributed by atoms with Crippen molar-refractivity contribution in [2.24, 2.45) is 5.92 Å². The van der Waals surface area contributed by atoms with Crippen LogP contribution in [0.25, 0.3) is 0 Å². The lowest BCUT2D eigenvalue weighted by atomic mass is 10.1. The van der Waals surface area contributed by atoms with Crippen LogP contribution in [0.2, 0.25) is 0 Å². The normalized spacial score (nSPS) is 11.5. The number of nitrogens with one attached hydrogen (secondary N) is 2. The lowest BCUT2D eigenvalue weighted by Gasteiger charge is -2.18. The Morgan fingerprint density at radius 1 is 1.32 bits per heavy atom. The van der Waals surface area contributed by atoms with Crippen LogP contribution in [-0.4, -0.2) is 23.1 Å². The average molecular weight is 261 g/mol. The molecule has 1 unspecified atom stereocenters. The van der Waals surface area contributed by atoms with Gasteiger partial charge in [-0.1, -0.05) is 26.0 Å². The molecule has 19 heavy (non-hydrogen) atoms. The molecule has 100 valence electrons. The highest BCUT2D eigenvalue weighted by molar-refractivity contribution is 5.93. The van der Waals surface area contributed by atoms with Gasteiger partial charge in [-0.15, -0.1) is 0 Å². The third kappa shape index (κ3) is 4.00. The first-order valence-corrected chi connectivity index (χ1v) is 5.75. The smallest absolute Gasteiger partial charge is 0.326 e. The van der Waals surface area contributed by atoms with Gasteiger partial charge in [0.05, 0.1) is 11.3 Å². The second-order valence-electron chi connectivity index (χ2n) is 4.32. The molecule has 0 aromatic heterocycles. The Balaban J connectivity index is 2.75. The molecule has 0 bridgehead atoms. The maximum atomic E-state index is 11.7. The number of nitriles is 1. The predicted molar refractivity (Wildman–Crippen MR) is 69.6 cm³/mol. The minimum atomic E-state index is -1.10. The van der Waals surface area contributed by atoms with E-state index in [1.54, 1.807) is 38.1 Å². The van der Waals surface area contributed by atoms with Gasteiger partial charge in [0.25, 0.3) is 0 Å². The van der Waals surface area contributed by atoms with E-state index in [-0.39, 0.29) is 5.92 Å². The molecule has 1 atom stereocenters. The van der Waals surface area contributed by atoms with Gasteiger partial charge in [-0.2, -0.15) is 5.26 Å². The van der Waals surface area contributed by atoms with E-state index in [2.05, 4.69) is 10.6 Å². The third-order valence-electron chi connectivity index (χ3n) is 2.52. The molecule has 1 aromatic carbocycles. The van der Waals surface area contributed by atoms with E-state index in [4.69, 9.17) is 10.4 Å². The fourth-order valence-electron chi connectivity index (χ4n) is 1.50. The standard InChI is InChI=1S/C13H15N3O3/c1-8(2)11(12(17)18)16-13(19)15-10-6-4-3-5-9(10)7-14/h3-6,8,11H,1-2H3,(H,17,18)(H2,15,16,19). The number of anilines is 1. The van der Waals surface area contributed by atoms with Crippen LogP contribution in [0.15, 0.2) is 24.3 Å². The Morgan fingerprint density at radius 3 is 2.47 bits per heavy atom. The highest BCUT2D eigenvalue weighted by Crippen LogP contribution is 2.13. The SMILES string of the molecule is CC(C)C(NC(=O)Nc1ccccc1C#N)C(=O)O. The van der Waals surface area contributed by atoms with Gasteiger partial charge >= 0.3 is 12.0 Å². The first-order chi connectivity index (χ1) is 8.95. The lowest BCUT2D eigenvalue weighted by Crippen LogP contribution is -2.46. The zero-order valence-corrected chi connectivity index (χ0v) is 10.7. The maximum absolute atomic E-state index is 11.7. The van der Waals surface area contributed by atoms with Crippen molar-refractivity contribution in [1.29, 1.82) is 5.26 Å². The number of hydrogen-bond acceptors (Lipinski definition) is 3. The van der Waals surface area contributed by atoms with Crippen LogP contribution in [0.1, 0.15) is 19.4 Å². The summed E-state index contributed by atoms with van der Waals surface area (Å²) >= 11 is 0. The Hall–Kier alpha value is -2.55. The highest BCUT2D eigenvalue weighted by Gasteiger charge is 2.23. The number of carboxylic acid groups (broad SMARTS) is 1. The molecule has 0 aliphatic heterocycles.